The van der Waals surface area contributed by atoms with Crippen molar-refractivity contribution < 1.29 is 13.9 Å². The van der Waals surface area contributed by atoms with Gasteiger partial charge in [-0.1, -0.05) is 26.8 Å². The van der Waals surface area contributed by atoms with Crippen molar-refractivity contribution in [3.05, 3.63) is 52.9 Å². The smallest absolute Gasteiger partial charge is 0.159 e. The summed E-state index contributed by atoms with van der Waals surface area (Å²) in [5, 5.41) is 14.8. The van der Waals surface area contributed by atoms with Crippen molar-refractivity contribution in [2.24, 2.45) is 7.05 Å². The Balaban J connectivity index is 2.48. The van der Waals surface area contributed by atoms with Crippen LogP contribution < -0.4 is 0 Å². The molecule has 2 rings (SSSR count). The molecule has 0 aliphatic heterocycles. The lowest BCUT2D eigenvalue weighted by Crippen LogP contribution is -2.16. The molecule has 0 saturated heterocycles. The Morgan fingerprint density at radius 3 is 2.40 bits per heavy atom. The van der Waals surface area contributed by atoms with E-state index in [1.165, 1.54) is 6.07 Å². The summed E-state index contributed by atoms with van der Waals surface area (Å²) in [4.78, 5) is 0. The molecule has 0 spiro atoms. The molecule has 0 aliphatic rings. The van der Waals surface area contributed by atoms with Crippen LogP contribution in [0.25, 0.3) is 0 Å². The van der Waals surface area contributed by atoms with Crippen molar-refractivity contribution in [1.82, 2.24) is 9.78 Å². The Hall–Kier alpha value is -1.75. The van der Waals surface area contributed by atoms with Gasteiger partial charge in [0.15, 0.2) is 11.6 Å². The third kappa shape index (κ3) is 2.72. The number of hydrogen-bond acceptors (Lipinski definition) is 2. The first kappa shape index (κ1) is 14.7. The zero-order valence-electron chi connectivity index (χ0n) is 12.0. The van der Waals surface area contributed by atoms with Gasteiger partial charge < -0.3 is 5.11 Å². The molecule has 3 nitrogen and oxygen atoms in total. The molecule has 0 amide bonds. The highest BCUT2D eigenvalue weighted by Crippen LogP contribution is 2.32. The van der Waals surface area contributed by atoms with E-state index in [-0.39, 0.29) is 5.41 Å². The van der Waals surface area contributed by atoms with Crippen molar-refractivity contribution >= 4 is 0 Å². The molecule has 1 heterocycles. The fraction of sp³-hybridized carbons (Fsp3) is 0.400. The second-order valence-electron chi connectivity index (χ2n) is 5.93. The predicted octanol–water partition coefficient (Wildman–Crippen LogP) is 3.08. The lowest BCUT2D eigenvalue weighted by atomic mass is 9.87. The number of rotatable bonds is 2. The molecule has 0 aliphatic carbocycles. The largest absolute Gasteiger partial charge is 0.384 e. The molecule has 0 saturated carbocycles. The summed E-state index contributed by atoms with van der Waals surface area (Å²) in [6, 6.07) is 3.41. The summed E-state index contributed by atoms with van der Waals surface area (Å²) in [6.07, 6.45) is 0.667. The average molecular weight is 280 g/mol. The zero-order valence-corrected chi connectivity index (χ0v) is 12.0. The van der Waals surface area contributed by atoms with Gasteiger partial charge in [0.1, 0.15) is 6.10 Å². The first-order chi connectivity index (χ1) is 9.20. The van der Waals surface area contributed by atoms with Crippen molar-refractivity contribution in [2.75, 3.05) is 0 Å². The van der Waals surface area contributed by atoms with Crippen LogP contribution in [0.5, 0.6) is 0 Å². The summed E-state index contributed by atoms with van der Waals surface area (Å²) in [5.41, 5.74) is 1.39. The molecular weight excluding hydrogens is 262 g/mol. The summed E-state index contributed by atoms with van der Waals surface area (Å²) < 4.78 is 27.9. The second kappa shape index (κ2) is 4.98. The molecule has 1 N–H and O–H groups in total. The molecule has 0 radical (unpaired) electrons. The summed E-state index contributed by atoms with van der Waals surface area (Å²) >= 11 is 0. The Kier molecular flexibility index (Phi) is 3.65. The van der Waals surface area contributed by atoms with Crippen LogP contribution in [0.3, 0.4) is 0 Å². The van der Waals surface area contributed by atoms with E-state index in [9.17, 15) is 13.9 Å². The van der Waals surface area contributed by atoms with E-state index >= 15 is 0 Å². The standard InChI is InChI=1S/C15H18F2N2O/c1-15(2,3)14-10(8-19(4)18-14)13(20)9-5-6-11(16)12(17)7-9/h5-8,13,20H,1-4H3. The number of benzene rings is 1. The van der Waals surface area contributed by atoms with E-state index in [4.69, 9.17) is 0 Å². The van der Waals surface area contributed by atoms with Crippen molar-refractivity contribution in [2.45, 2.75) is 32.3 Å². The fourth-order valence-electron chi connectivity index (χ4n) is 2.15. The van der Waals surface area contributed by atoms with Gasteiger partial charge in [0.2, 0.25) is 0 Å². The van der Waals surface area contributed by atoms with Gasteiger partial charge in [-0.3, -0.25) is 4.68 Å². The summed E-state index contributed by atoms with van der Waals surface area (Å²) in [7, 11) is 1.76. The van der Waals surface area contributed by atoms with Crippen LogP contribution in [0.1, 0.15) is 43.7 Å². The molecule has 1 unspecified atom stereocenters. The number of aliphatic hydroxyl groups excluding tert-OH is 1. The van der Waals surface area contributed by atoms with Crippen LogP contribution in [0.2, 0.25) is 0 Å². The van der Waals surface area contributed by atoms with Gasteiger partial charge in [0.05, 0.1) is 5.69 Å². The molecule has 108 valence electrons. The Bertz CT molecular complexity index is 629. The second-order valence-corrected chi connectivity index (χ2v) is 5.93. The Morgan fingerprint density at radius 1 is 1.20 bits per heavy atom. The van der Waals surface area contributed by atoms with Gasteiger partial charge in [-0.25, -0.2) is 8.78 Å². The van der Waals surface area contributed by atoms with Gasteiger partial charge in [-0.2, -0.15) is 5.10 Å². The minimum atomic E-state index is -1.03. The first-order valence-electron chi connectivity index (χ1n) is 6.37. The molecular formula is C15H18F2N2O. The average Bonchev–Trinajstić information content (AvgIpc) is 2.74. The SMILES string of the molecule is Cn1cc(C(O)c2ccc(F)c(F)c2)c(C(C)(C)C)n1. The maximum absolute atomic E-state index is 13.3. The molecule has 1 aromatic heterocycles. The normalized spacial score (nSPS) is 13.6. The van der Waals surface area contributed by atoms with E-state index in [1.807, 2.05) is 20.8 Å². The molecule has 0 fully saturated rings. The fourth-order valence-corrected chi connectivity index (χ4v) is 2.15. The van der Waals surface area contributed by atoms with Crippen LogP contribution >= 0.6 is 0 Å². The zero-order chi connectivity index (χ0) is 15.1. The summed E-state index contributed by atoms with van der Waals surface area (Å²) in [6.45, 7) is 5.95. The van der Waals surface area contributed by atoms with Crippen LogP contribution in [0.15, 0.2) is 24.4 Å². The molecule has 1 atom stereocenters. The van der Waals surface area contributed by atoms with Gasteiger partial charge >= 0.3 is 0 Å². The first-order valence-corrected chi connectivity index (χ1v) is 6.37. The van der Waals surface area contributed by atoms with Gasteiger partial charge in [0.25, 0.3) is 0 Å². The maximum Gasteiger partial charge on any atom is 0.159 e. The highest BCUT2D eigenvalue weighted by Gasteiger charge is 2.26. The molecule has 20 heavy (non-hydrogen) atoms. The third-order valence-corrected chi connectivity index (χ3v) is 3.12. The number of aliphatic hydroxyl groups is 1. The number of aryl methyl sites for hydroxylation is 1. The lowest BCUT2D eigenvalue weighted by Gasteiger charge is -2.20. The Morgan fingerprint density at radius 2 is 1.85 bits per heavy atom. The number of halogens is 2. The quantitative estimate of drug-likeness (QED) is 0.918. The summed E-state index contributed by atoms with van der Waals surface area (Å²) in [5.74, 6) is -1.90. The van der Waals surface area contributed by atoms with E-state index < -0.39 is 17.7 Å². The third-order valence-electron chi connectivity index (χ3n) is 3.12. The maximum atomic E-state index is 13.3. The monoisotopic (exact) mass is 280 g/mol. The van der Waals surface area contributed by atoms with Gasteiger partial charge in [0, 0.05) is 24.2 Å². The van der Waals surface area contributed by atoms with Gasteiger partial charge in [-0.15, -0.1) is 0 Å². The highest BCUT2D eigenvalue weighted by molar-refractivity contribution is 5.34. The highest BCUT2D eigenvalue weighted by atomic mass is 19.2. The Labute approximate surface area is 116 Å². The predicted molar refractivity (Wildman–Crippen MR) is 72.3 cm³/mol. The topological polar surface area (TPSA) is 38.0 Å². The molecule has 2 aromatic rings. The lowest BCUT2D eigenvalue weighted by molar-refractivity contribution is 0.216. The van der Waals surface area contributed by atoms with Crippen LogP contribution in [-0.2, 0) is 12.5 Å². The minimum absolute atomic E-state index is 0.254. The van der Waals surface area contributed by atoms with Crippen molar-refractivity contribution in [3.8, 4) is 0 Å². The minimum Gasteiger partial charge on any atom is -0.384 e. The number of hydrogen-bond donors (Lipinski definition) is 1. The van der Waals surface area contributed by atoms with Gasteiger partial charge in [-0.05, 0) is 17.7 Å². The van der Waals surface area contributed by atoms with Crippen molar-refractivity contribution in [1.29, 1.82) is 0 Å². The number of nitrogens with zero attached hydrogens (tertiary/aromatic N) is 2. The van der Waals surface area contributed by atoms with Crippen LogP contribution in [0, 0.1) is 11.6 Å². The van der Waals surface area contributed by atoms with E-state index in [2.05, 4.69) is 5.10 Å². The molecule has 5 heteroatoms. The van der Waals surface area contributed by atoms with Crippen LogP contribution in [-0.4, -0.2) is 14.9 Å². The van der Waals surface area contributed by atoms with E-state index in [0.717, 1.165) is 17.8 Å². The molecule has 0 bridgehead atoms. The number of aromatic nitrogens is 2. The molecule has 1 aromatic carbocycles. The van der Waals surface area contributed by atoms with E-state index in [0.29, 0.717) is 11.1 Å². The van der Waals surface area contributed by atoms with E-state index in [1.54, 1.807) is 17.9 Å². The van der Waals surface area contributed by atoms with Crippen molar-refractivity contribution in [3.63, 3.8) is 0 Å². The van der Waals surface area contributed by atoms with Crippen LogP contribution in [0.4, 0.5) is 8.78 Å².